The van der Waals surface area contributed by atoms with E-state index in [4.69, 9.17) is 14.5 Å². The number of ketones is 1. The number of hydrogen-bond donors (Lipinski definition) is 7. The molecule has 12 nitrogen and oxygen atoms in total. The van der Waals surface area contributed by atoms with Crippen LogP contribution < -0.4 is 19.8 Å². The van der Waals surface area contributed by atoms with Crippen LogP contribution >= 0.6 is 0 Å². The minimum absolute atomic E-state index is 0.0351. The van der Waals surface area contributed by atoms with Gasteiger partial charge in [0.1, 0.15) is 17.4 Å². The van der Waals surface area contributed by atoms with E-state index in [1.165, 1.54) is 6.07 Å². The van der Waals surface area contributed by atoms with Crippen LogP contribution in [-0.4, -0.2) is 66.8 Å². The maximum Gasteiger partial charge on any atom is 0.200 e. The van der Waals surface area contributed by atoms with Gasteiger partial charge in [0.15, 0.2) is 23.0 Å². The van der Waals surface area contributed by atoms with Crippen molar-refractivity contribution in [3.05, 3.63) is 125 Å². The summed E-state index contributed by atoms with van der Waals surface area (Å²) in [7, 11) is 0. The number of carbonyl (C=O) groups excluding carboxylic acids is 1. The molecule has 67 heavy (non-hydrogen) atoms. The number of Topliss-reactive ketones (excluding diaryl/α,β-unsaturated/α-hetero) is 1. The number of aryl methyl sites for hydroxylation is 2. The van der Waals surface area contributed by atoms with E-state index in [0.29, 0.717) is 74.8 Å². The molecule has 4 heterocycles. The van der Waals surface area contributed by atoms with Crippen LogP contribution in [0.1, 0.15) is 105 Å². The molecule has 12 heteroatoms. The SMILES string of the molecule is CC(C)CCCOc1cc(C2CCc3c(ccc4cc(O)ccc34)Nc3cc(ccn3)C3(CCC(O)C3Cc3ccc[n-]3)C(C(O)CCc3ccc(O)c4c3CCCO4)C(=O)C2)cc(O)c1O. The van der Waals surface area contributed by atoms with Crippen LogP contribution in [0.25, 0.3) is 10.8 Å². The minimum Gasteiger partial charge on any atom is -0.668 e. The molecule has 1 spiro atoms. The summed E-state index contributed by atoms with van der Waals surface area (Å²) >= 11 is 0. The lowest BCUT2D eigenvalue weighted by Crippen LogP contribution is -2.51. The Labute approximate surface area is 391 Å². The van der Waals surface area contributed by atoms with Gasteiger partial charge in [0.25, 0.3) is 0 Å². The summed E-state index contributed by atoms with van der Waals surface area (Å²) in [5.41, 5.74) is 4.66. The molecule has 1 fully saturated rings. The Bertz CT molecular complexity index is 2720. The van der Waals surface area contributed by atoms with E-state index in [1.807, 2.05) is 48.5 Å². The Kier molecular flexibility index (Phi) is 13.4. The summed E-state index contributed by atoms with van der Waals surface area (Å²) in [6, 6.07) is 23.6. The molecule has 0 amide bonds. The number of aromatic hydroxyl groups is 4. The number of aromatic nitrogens is 2. The number of pyridine rings is 1. The Balaban J connectivity index is 1.20. The Morgan fingerprint density at radius 3 is 2.63 bits per heavy atom. The average Bonchev–Trinajstić information content (AvgIpc) is 3.96. The average molecular weight is 909 g/mol. The van der Waals surface area contributed by atoms with Gasteiger partial charge >= 0.3 is 0 Å². The normalized spacial score (nSPS) is 22.3. The molecule has 0 radical (unpaired) electrons. The maximum atomic E-state index is 16.0. The highest BCUT2D eigenvalue weighted by molar-refractivity contribution is 5.92. The van der Waals surface area contributed by atoms with Gasteiger partial charge in [-0.05, 0) is 170 Å². The molecule has 0 saturated heterocycles. The number of benzene rings is 4. The Morgan fingerprint density at radius 2 is 1.81 bits per heavy atom. The van der Waals surface area contributed by atoms with Gasteiger partial charge in [-0.1, -0.05) is 44.2 Å². The van der Waals surface area contributed by atoms with Crippen molar-refractivity contribution in [2.45, 2.75) is 114 Å². The fourth-order valence-electron chi connectivity index (χ4n) is 11.5. The molecule has 352 valence electrons. The molecule has 7 N–H and O–H groups in total. The number of hydrogen-bond acceptors (Lipinski definition) is 11. The first kappa shape index (κ1) is 45.9. The topological polar surface area (TPSA) is 196 Å². The molecular formula is C55H62N3O9-. The summed E-state index contributed by atoms with van der Waals surface area (Å²) in [6.07, 6.45) is 7.29. The number of aliphatic hydroxyl groups is 2. The van der Waals surface area contributed by atoms with E-state index < -0.39 is 35.4 Å². The smallest absolute Gasteiger partial charge is 0.200 e. The van der Waals surface area contributed by atoms with Crippen LogP contribution in [0, 0.1) is 17.8 Å². The zero-order chi connectivity index (χ0) is 46.8. The van der Waals surface area contributed by atoms with Crippen LogP contribution in [0.5, 0.6) is 34.5 Å². The third-order valence-corrected chi connectivity index (χ3v) is 14.8. The second-order valence-electron chi connectivity index (χ2n) is 19.4. The third kappa shape index (κ3) is 9.38. The number of carbonyl (C=O) groups is 1. The number of phenols is 4. The molecule has 6 aromatic rings. The molecule has 1 aliphatic carbocycles. The number of ether oxygens (including phenoxy) is 2. The molecule has 2 aliphatic heterocycles. The van der Waals surface area contributed by atoms with Gasteiger partial charge in [-0.2, -0.15) is 11.9 Å². The van der Waals surface area contributed by atoms with Crippen molar-refractivity contribution in [1.82, 2.24) is 9.97 Å². The van der Waals surface area contributed by atoms with Crippen LogP contribution in [0.4, 0.5) is 11.5 Å². The number of anilines is 2. The van der Waals surface area contributed by atoms with E-state index in [0.717, 1.165) is 70.1 Å². The third-order valence-electron chi connectivity index (χ3n) is 14.8. The fourth-order valence-corrected chi connectivity index (χ4v) is 11.5. The highest BCUT2D eigenvalue weighted by atomic mass is 16.5. The van der Waals surface area contributed by atoms with Gasteiger partial charge in [0.05, 0.1) is 31.3 Å². The molecule has 2 aromatic heterocycles. The van der Waals surface area contributed by atoms with Crippen LogP contribution in [0.3, 0.4) is 0 Å². The summed E-state index contributed by atoms with van der Waals surface area (Å²) in [5, 5.41) is 74.1. The molecule has 6 atom stereocenters. The second kappa shape index (κ2) is 19.5. The van der Waals surface area contributed by atoms with Crippen molar-refractivity contribution in [1.29, 1.82) is 0 Å². The monoisotopic (exact) mass is 908 g/mol. The first-order valence-electron chi connectivity index (χ1n) is 24.0. The van der Waals surface area contributed by atoms with Crippen LogP contribution in [0.15, 0.2) is 91.3 Å². The number of rotatable bonds is 12. The number of nitrogens with zero attached hydrogens (tertiary/aromatic N) is 2. The minimum atomic E-state index is -1.18. The zero-order valence-electron chi connectivity index (χ0n) is 38.3. The first-order chi connectivity index (χ1) is 32.4. The van der Waals surface area contributed by atoms with E-state index in [-0.39, 0.29) is 47.4 Å². The summed E-state index contributed by atoms with van der Waals surface area (Å²) < 4.78 is 12.0. The molecule has 3 aliphatic rings. The molecule has 6 unspecified atom stereocenters. The molecule has 4 aromatic carbocycles. The van der Waals surface area contributed by atoms with Crippen LogP contribution in [0.2, 0.25) is 0 Å². The lowest BCUT2D eigenvalue weighted by atomic mass is 9.58. The van der Waals surface area contributed by atoms with Crippen molar-refractivity contribution in [3.63, 3.8) is 0 Å². The highest BCUT2D eigenvalue weighted by Gasteiger charge is 2.57. The number of fused-ring (bicyclic) bond motifs is 7. The van der Waals surface area contributed by atoms with E-state index in [2.05, 4.69) is 24.1 Å². The van der Waals surface area contributed by atoms with Gasteiger partial charge in [-0.25, -0.2) is 4.98 Å². The quantitative estimate of drug-likeness (QED) is 0.0455. The molecule has 9 rings (SSSR count). The van der Waals surface area contributed by atoms with E-state index in [9.17, 15) is 30.6 Å². The molecule has 2 bridgehead atoms. The van der Waals surface area contributed by atoms with Gasteiger partial charge < -0.3 is 50.4 Å². The second-order valence-corrected chi connectivity index (χ2v) is 19.4. The largest absolute Gasteiger partial charge is 0.668 e. The van der Waals surface area contributed by atoms with Gasteiger partial charge in [-0.15, -0.1) is 0 Å². The van der Waals surface area contributed by atoms with Crippen LogP contribution in [-0.2, 0) is 35.9 Å². The van der Waals surface area contributed by atoms with Crippen molar-refractivity contribution in [2.24, 2.45) is 17.8 Å². The Hall–Kier alpha value is -6.24. The number of phenolic OH excluding ortho intramolecular Hbond substituents is 4. The van der Waals surface area contributed by atoms with Gasteiger partial charge in [-0.3, -0.25) is 4.79 Å². The van der Waals surface area contributed by atoms with E-state index >= 15 is 4.79 Å². The maximum absolute atomic E-state index is 16.0. The lowest BCUT2D eigenvalue weighted by Gasteiger charge is -2.46. The fraction of sp³-hybridized carbons (Fsp3) is 0.418. The van der Waals surface area contributed by atoms with E-state index in [1.54, 1.807) is 36.7 Å². The lowest BCUT2D eigenvalue weighted by molar-refractivity contribution is -0.132. The van der Waals surface area contributed by atoms with Crippen molar-refractivity contribution in [3.8, 4) is 34.5 Å². The summed E-state index contributed by atoms with van der Waals surface area (Å²) in [6.45, 7) is 5.11. The summed E-state index contributed by atoms with van der Waals surface area (Å²) in [5.74, 6) is -1.15. The number of nitrogens with one attached hydrogen (secondary N) is 1. The molecule has 1 saturated carbocycles. The first-order valence-corrected chi connectivity index (χ1v) is 24.0. The predicted octanol–water partition coefficient (Wildman–Crippen LogP) is 9.45. The van der Waals surface area contributed by atoms with Gasteiger partial charge in [0.2, 0.25) is 5.75 Å². The standard InChI is InChI=1S/C55H62N3O9/c1-32(2)6-4-24-66-50-29-36(28-49(64)53(50)65)34-9-14-42-40-15-13-39(59)26-35(40)10-16-44(42)58-51-30-37(20-23-57-51)55(21-19-45(60)43(55)31-38-7-3-22-56-38)52(48(63)27-34)46(61)17-11-33-12-18-47(62)54-41(33)8-5-25-67-54/h3,7,10,12-13,15-16,18,20,22-23,26,28-30,32,34,43,45-46,52,59-62,64-65H,4-6,8-9,11,14,17,19,21,24-25,27,31H2,1-2H3,(H,57,58)/q-1. The van der Waals surface area contributed by atoms with Gasteiger partial charge in [0, 0.05) is 29.3 Å². The predicted molar refractivity (Wildman–Crippen MR) is 257 cm³/mol. The molecular weight excluding hydrogens is 847 g/mol. The Morgan fingerprint density at radius 1 is 0.940 bits per heavy atom. The number of aliphatic hydroxyl groups excluding tert-OH is 2. The van der Waals surface area contributed by atoms with Crippen molar-refractivity contribution >= 4 is 28.1 Å². The van der Waals surface area contributed by atoms with Crippen molar-refractivity contribution < 1.29 is 44.9 Å². The summed E-state index contributed by atoms with van der Waals surface area (Å²) in [4.78, 5) is 25.5. The van der Waals surface area contributed by atoms with Crippen molar-refractivity contribution in [2.75, 3.05) is 18.5 Å². The highest BCUT2D eigenvalue weighted by Crippen LogP contribution is 2.55. The zero-order valence-corrected chi connectivity index (χ0v) is 38.3.